The van der Waals surface area contributed by atoms with Crippen molar-refractivity contribution < 1.29 is 9.53 Å². The van der Waals surface area contributed by atoms with Gasteiger partial charge in [0.1, 0.15) is 6.33 Å². The van der Waals surface area contributed by atoms with Gasteiger partial charge in [0.05, 0.1) is 24.7 Å². The normalized spacial score (nSPS) is 9.13. The van der Waals surface area contributed by atoms with Crippen molar-refractivity contribution in [2.45, 2.75) is 6.92 Å². The molecule has 0 aliphatic heterocycles. The largest absolute Gasteiger partial charge is 0.450 e. The van der Waals surface area contributed by atoms with E-state index in [4.69, 9.17) is 12.2 Å². The molecule has 0 bridgehead atoms. The molecule has 0 radical (unpaired) electrons. The molecule has 6 nitrogen and oxygen atoms in total. The van der Waals surface area contributed by atoms with Crippen molar-refractivity contribution in [1.29, 1.82) is 0 Å². The average Bonchev–Trinajstić information content (AvgIpc) is 2.19. The molecule has 1 rings (SSSR count). The summed E-state index contributed by atoms with van der Waals surface area (Å²) in [5, 5.41) is 5.20. The molecule has 1 amide bonds. The maximum atomic E-state index is 11.0. The first-order valence-electron chi connectivity index (χ1n) is 4.22. The highest BCUT2D eigenvalue weighted by atomic mass is 32.1. The van der Waals surface area contributed by atoms with Crippen LogP contribution < -0.4 is 10.6 Å². The van der Waals surface area contributed by atoms with Crippen LogP contribution in [0.25, 0.3) is 0 Å². The lowest BCUT2D eigenvalue weighted by atomic mass is 10.5. The van der Waals surface area contributed by atoms with Gasteiger partial charge in [-0.25, -0.2) is 14.8 Å². The van der Waals surface area contributed by atoms with Gasteiger partial charge in [-0.1, -0.05) is 0 Å². The number of alkyl carbamates (subject to hydrolysis) is 1. The number of carbonyl (C=O) groups excluding carboxylic acids is 1. The Morgan fingerprint density at radius 1 is 1.53 bits per heavy atom. The number of aromatic nitrogens is 2. The van der Waals surface area contributed by atoms with Crippen molar-refractivity contribution >= 4 is 29.1 Å². The molecule has 0 fully saturated rings. The van der Waals surface area contributed by atoms with E-state index in [9.17, 15) is 4.79 Å². The topological polar surface area (TPSA) is 76.1 Å². The van der Waals surface area contributed by atoms with Crippen LogP contribution in [0.2, 0.25) is 0 Å². The number of nitrogens with one attached hydrogen (secondary N) is 2. The summed E-state index contributed by atoms with van der Waals surface area (Å²) in [5.41, 5.74) is 0.597. The summed E-state index contributed by atoms with van der Waals surface area (Å²) in [4.78, 5) is 18.5. The Bertz CT molecular complexity index is 344. The summed E-state index contributed by atoms with van der Waals surface area (Å²) in [7, 11) is 0. The Morgan fingerprint density at radius 2 is 2.20 bits per heavy atom. The zero-order valence-electron chi connectivity index (χ0n) is 8.06. The second-order valence-electron chi connectivity index (χ2n) is 2.43. The Labute approximate surface area is 92.1 Å². The van der Waals surface area contributed by atoms with Crippen molar-refractivity contribution in [3.8, 4) is 0 Å². The predicted octanol–water partition coefficient (Wildman–Crippen LogP) is 0.919. The van der Waals surface area contributed by atoms with E-state index < -0.39 is 6.09 Å². The Morgan fingerprint density at radius 3 is 2.80 bits per heavy atom. The molecule has 1 aromatic rings. The highest BCUT2D eigenvalue weighted by molar-refractivity contribution is 7.80. The molecule has 2 N–H and O–H groups in total. The quantitative estimate of drug-likeness (QED) is 0.730. The fourth-order valence-electron chi connectivity index (χ4n) is 0.786. The molecular formula is C8H10N4O2S. The number of hydrogen-bond acceptors (Lipinski definition) is 5. The molecule has 0 aliphatic carbocycles. The Hall–Kier alpha value is -1.76. The molecule has 0 unspecified atom stereocenters. The summed E-state index contributed by atoms with van der Waals surface area (Å²) in [6.45, 7) is 2.00. The van der Waals surface area contributed by atoms with Gasteiger partial charge in [-0.3, -0.25) is 5.32 Å². The minimum absolute atomic E-state index is 0.142. The summed E-state index contributed by atoms with van der Waals surface area (Å²) in [6.07, 6.45) is 3.87. The monoisotopic (exact) mass is 226 g/mol. The van der Waals surface area contributed by atoms with Gasteiger partial charge in [-0.15, -0.1) is 0 Å². The molecule has 1 heterocycles. The smallest absolute Gasteiger partial charge is 0.413 e. The minimum Gasteiger partial charge on any atom is -0.450 e. The Kier molecular flexibility index (Phi) is 4.42. The molecule has 0 saturated heterocycles. The van der Waals surface area contributed by atoms with Gasteiger partial charge in [-0.2, -0.15) is 0 Å². The second-order valence-corrected chi connectivity index (χ2v) is 2.83. The molecular weight excluding hydrogens is 216 g/mol. The van der Waals surface area contributed by atoms with Crippen LogP contribution in [0.1, 0.15) is 6.92 Å². The van der Waals surface area contributed by atoms with Crippen LogP contribution in [0.5, 0.6) is 0 Å². The van der Waals surface area contributed by atoms with E-state index in [1.165, 1.54) is 18.7 Å². The van der Waals surface area contributed by atoms with Crippen LogP contribution in [0.15, 0.2) is 18.7 Å². The van der Waals surface area contributed by atoms with Gasteiger partial charge >= 0.3 is 6.09 Å². The van der Waals surface area contributed by atoms with E-state index in [0.717, 1.165) is 0 Å². The molecule has 0 saturated carbocycles. The van der Waals surface area contributed by atoms with E-state index in [0.29, 0.717) is 12.3 Å². The SMILES string of the molecule is CCOC(=O)NC(=S)Nc1cncnc1. The van der Waals surface area contributed by atoms with Crippen LogP contribution in [0.4, 0.5) is 10.5 Å². The summed E-state index contributed by atoms with van der Waals surface area (Å²) < 4.78 is 4.64. The lowest BCUT2D eigenvalue weighted by molar-refractivity contribution is 0.158. The van der Waals surface area contributed by atoms with Crippen LogP contribution in [-0.2, 0) is 4.74 Å². The molecule has 1 aromatic heterocycles. The number of thiocarbonyl (C=S) groups is 1. The third-order valence-corrected chi connectivity index (χ3v) is 1.51. The number of nitrogens with zero attached hydrogens (tertiary/aromatic N) is 2. The maximum absolute atomic E-state index is 11.0. The minimum atomic E-state index is -0.591. The van der Waals surface area contributed by atoms with Gasteiger partial charge in [0.25, 0.3) is 0 Å². The van der Waals surface area contributed by atoms with Gasteiger partial charge < -0.3 is 10.1 Å². The predicted molar refractivity (Wildman–Crippen MR) is 58.4 cm³/mol. The molecule has 80 valence electrons. The summed E-state index contributed by atoms with van der Waals surface area (Å²) >= 11 is 4.85. The third kappa shape index (κ3) is 4.32. The molecule has 0 aliphatic rings. The standard InChI is InChI=1S/C8H10N4O2S/c1-2-14-8(13)12-7(15)11-6-3-9-5-10-4-6/h3-5H,2H2,1H3,(H2,11,12,13,15). The van der Waals surface area contributed by atoms with Crippen LogP contribution in [0.3, 0.4) is 0 Å². The van der Waals surface area contributed by atoms with Gasteiger partial charge in [0.15, 0.2) is 5.11 Å². The van der Waals surface area contributed by atoms with E-state index in [1.807, 2.05) is 0 Å². The first kappa shape index (κ1) is 11.3. The third-order valence-electron chi connectivity index (χ3n) is 1.31. The van der Waals surface area contributed by atoms with Crippen LogP contribution >= 0.6 is 12.2 Å². The number of carbonyl (C=O) groups is 1. The van der Waals surface area contributed by atoms with Crippen molar-refractivity contribution in [2.24, 2.45) is 0 Å². The lowest BCUT2D eigenvalue weighted by Gasteiger charge is -2.07. The number of anilines is 1. The molecule has 7 heteroatoms. The van der Waals surface area contributed by atoms with Crippen molar-refractivity contribution in [3.63, 3.8) is 0 Å². The van der Waals surface area contributed by atoms with E-state index in [-0.39, 0.29) is 5.11 Å². The molecule has 15 heavy (non-hydrogen) atoms. The maximum Gasteiger partial charge on any atom is 0.413 e. The highest BCUT2D eigenvalue weighted by Gasteiger charge is 2.04. The number of amides is 1. The Balaban J connectivity index is 2.40. The van der Waals surface area contributed by atoms with Crippen LogP contribution in [0, 0.1) is 0 Å². The second kappa shape index (κ2) is 5.86. The number of ether oxygens (including phenoxy) is 1. The molecule has 0 spiro atoms. The first-order valence-corrected chi connectivity index (χ1v) is 4.63. The zero-order valence-corrected chi connectivity index (χ0v) is 8.87. The molecule has 0 aromatic carbocycles. The van der Waals surface area contributed by atoms with Crippen molar-refractivity contribution in [3.05, 3.63) is 18.7 Å². The zero-order chi connectivity index (χ0) is 11.1. The summed E-state index contributed by atoms with van der Waals surface area (Å²) in [5.74, 6) is 0. The van der Waals surface area contributed by atoms with Gasteiger partial charge in [0, 0.05) is 0 Å². The average molecular weight is 226 g/mol. The fourth-order valence-corrected chi connectivity index (χ4v) is 0.987. The van der Waals surface area contributed by atoms with E-state index in [1.54, 1.807) is 6.92 Å². The van der Waals surface area contributed by atoms with E-state index >= 15 is 0 Å². The van der Waals surface area contributed by atoms with Crippen LogP contribution in [-0.4, -0.2) is 27.8 Å². The fraction of sp³-hybridized carbons (Fsp3) is 0.250. The lowest BCUT2D eigenvalue weighted by Crippen LogP contribution is -2.34. The first-order chi connectivity index (χ1) is 7.22. The summed E-state index contributed by atoms with van der Waals surface area (Å²) in [6, 6.07) is 0. The van der Waals surface area contributed by atoms with Gasteiger partial charge in [-0.05, 0) is 19.1 Å². The van der Waals surface area contributed by atoms with Crippen molar-refractivity contribution in [2.75, 3.05) is 11.9 Å². The number of rotatable bonds is 2. The van der Waals surface area contributed by atoms with E-state index in [2.05, 4.69) is 25.3 Å². The van der Waals surface area contributed by atoms with Crippen molar-refractivity contribution in [1.82, 2.24) is 15.3 Å². The van der Waals surface area contributed by atoms with Gasteiger partial charge in [0.2, 0.25) is 0 Å². The number of hydrogen-bond donors (Lipinski definition) is 2. The molecule has 0 atom stereocenters. The highest BCUT2D eigenvalue weighted by Crippen LogP contribution is 1.99.